The van der Waals surface area contributed by atoms with Gasteiger partial charge in [-0.25, -0.2) is 4.39 Å². The molecule has 1 unspecified atom stereocenters. The van der Waals surface area contributed by atoms with Gasteiger partial charge in [0, 0.05) is 44.8 Å². The van der Waals surface area contributed by atoms with E-state index < -0.39 is 5.82 Å². The van der Waals surface area contributed by atoms with Crippen LogP contribution in [0.25, 0.3) is 0 Å². The van der Waals surface area contributed by atoms with Gasteiger partial charge in [0.15, 0.2) is 0 Å². The first-order valence-corrected chi connectivity index (χ1v) is 8.98. The standard InChI is InChI=1S/C19H26FN3O2/c1-14-5-6-16(20)12-17(14)19(25)23-7-3-4-15(13-23)18(24)22-10-8-21(2)9-11-22/h5-6,12,15H,3-4,7-11,13H2,1-2H3. The maximum Gasteiger partial charge on any atom is 0.254 e. The predicted octanol–water partition coefficient (Wildman–Crippen LogP) is 1.76. The second kappa shape index (κ2) is 7.52. The number of likely N-dealkylation sites (N-methyl/N-ethyl adjacent to an activating group) is 1. The molecule has 3 rings (SSSR count). The number of benzene rings is 1. The van der Waals surface area contributed by atoms with Gasteiger partial charge in [-0.1, -0.05) is 6.07 Å². The number of nitrogens with zero attached hydrogens (tertiary/aromatic N) is 3. The number of carbonyl (C=O) groups excluding carboxylic acids is 2. The number of carbonyl (C=O) groups is 2. The summed E-state index contributed by atoms with van der Waals surface area (Å²) in [6.07, 6.45) is 1.63. The van der Waals surface area contributed by atoms with Crippen LogP contribution in [0.3, 0.4) is 0 Å². The molecule has 2 saturated heterocycles. The van der Waals surface area contributed by atoms with Gasteiger partial charge in [0.1, 0.15) is 5.82 Å². The fourth-order valence-electron chi connectivity index (χ4n) is 3.64. The molecule has 6 heteroatoms. The van der Waals surface area contributed by atoms with Crippen LogP contribution in [-0.2, 0) is 4.79 Å². The third-order valence-electron chi connectivity index (χ3n) is 5.30. The summed E-state index contributed by atoms with van der Waals surface area (Å²) in [6, 6.07) is 4.28. The van der Waals surface area contributed by atoms with Crippen molar-refractivity contribution in [2.45, 2.75) is 19.8 Å². The second-order valence-electron chi connectivity index (χ2n) is 7.18. The molecule has 1 aromatic carbocycles. The third-order valence-corrected chi connectivity index (χ3v) is 5.30. The number of piperazine rings is 1. The minimum absolute atomic E-state index is 0.144. The maximum absolute atomic E-state index is 13.5. The van der Waals surface area contributed by atoms with Gasteiger partial charge in [0.05, 0.1) is 5.92 Å². The Kier molecular flexibility index (Phi) is 5.37. The van der Waals surface area contributed by atoms with E-state index in [1.165, 1.54) is 12.1 Å². The van der Waals surface area contributed by atoms with Gasteiger partial charge in [0.25, 0.3) is 5.91 Å². The van der Waals surface area contributed by atoms with Crippen LogP contribution >= 0.6 is 0 Å². The summed E-state index contributed by atoms with van der Waals surface area (Å²) >= 11 is 0. The first kappa shape index (κ1) is 17.9. The largest absolute Gasteiger partial charge is 0.340 e. The highest BCUT2D eigenvalue weighted by Crippen LogP contribution is 2.22. The van der Waals surface area contributed by atoms with Gasteiger partial charge >= 0.3 is 0 Å². The summed E-state index contributed by atoms with van der Waals surface area (Å²) in [5.41, 5.74) is 1.16. The molecule has 2 heterocycles. The molecular formula is C19H26FN3O2. The number of aryl methyl sites for hydroxylation is 1. The molecule has 0 saturated carbocycles. The SMILES string of the molecule is Cc1ccc(F)cc1C(=O)N1CCCC(C(=O)N2CCN(C)CC2)C1. The zero-order valence-electron chi connectivity index (χ0n) is 15.0. The van der Waals surface area contributed by atoms with Crippen molar-refractivity contribution in [3.05, 3.63) is 35.1 Å². The lowest BCUT2D eigenvalue weighted by Crippen LogP contribution is -2.52. The van der Waals surface area contributed by atoms with E-state index in [0.29, 0.717) is 18.7 Å². The number of piperidine rings is 1. The highest BCUT2D eigenvalue weighted by Gasteiger charge is 2.32. The van der Waals surface area contributed by atoms with Gasteiger partial charge in [-0.15, -0.1) is 0 Å². The first-order valence-electron chi connectivity index (χ1n) is 8.98. The van der Waals surface area contributed by atoms with Crippen molar-refractivity contribution in [2.75, 3.05) is 46.3 Å². The summed E-state index contributed by atoms with van der Waals surface area (Å²) in [7, 11) is 2.06. The van der Waals surface area contributed by atoms with Crippen LogP contribution in [0.1, 0.15) is 28.8 Å². The average molecular weight is 347 g/mol. The summed E-state index contributed by atoms with van der Waals surface area (Å²) in [4.78, 5) is 31.4. The summed E-state index contributed by atoms with van der Waals surface area (Å²) in [5, 5.41) is 0. The molecule has 2 fully saturated rings. The Morgan fingerprint density at radius 1 is 1.08 bits per heavy atom. The van der Waals surface area contributed by atoms with Crippen molar-refractivity contribution in [1.29, 1.82) is 0 Å². The number of halogens is 1. The lowest BCUT2D eigenvalue weighted by molar-refractivity contribution is -0.138. The molecule has 136 valence electrons. The molecule has 0 aliphatic carbocycles. The highest BCUT2D eigenvalue weighted by atomic mass is 19.1. The van der Waals surface area contributed by atoms with Crippen molar-refractivity contribution in [3.63, 3.8) is 0 Å². The highest BCUT2D eigenvalue weighted by molar-refractivity contribution is 5.96. The Morgan fingerprint density at radius 2 is 1.80 bits per heavy atom. The Labute approximate surface area is 148 Å². The van der Waals surface area contributed by atoms with Crippen LogP contribution < -0.4 is 0 Å². The fourth-order valence-corrected chi connectivity index (χ4v) is 3.64. The van der Waals surface area contributed by atoms with Crippen molar-refractivity contribution >= 4 is 11.8 Å². The first-order chi connectivity index (χ1) is 12.0. The molecule has 2 aliphatic heterocycles. The number of hydrogen-bond donors (Lipinski definition) is 0. The normalized spacial score (nSPS) is 22.1. The van der Waals surface area contributed by atoms with Crippen molar-refractivity contribution in [3.8, 4) is 0 Å². The summed E-state index contributed by atoms with van der Waals surface area (Å²) in [6.45, 7) is 6.16. The molecule has 0 spiro atoms. The Morgan fingerprint density at radius 3 is 2.52 bits per heavy atom. The number of rotatable bonds is 2. The van der Waals surface area contributed by atoms with Crippen LogP contribution in [0.4, 0.5) is 4.39 Å². The van der Waals surface area contributed by atoms with E-state index in [-0.39, 0.29) is 17.7 Å². The Hall–Kier alpha value is -1.95. The van der Waals surface area contributed by atoms with Crippen LogP contribution in [-0.4, -0.2) is 72.8 Å². The second-order valence-corrected chi connectivity index (χ2v) is 7.18. The van der Waals surface area contributed by atoms with E-state index >= 15 is 0 Å². The molecule has 0 bridgehead atoms. The summed E-state index contributed by atoms with van der Waals surface area (Å²) in [5.74, 6) is -0.569. The molecule has 2 aliphatic rings. The molecular weight excluding hydrogens is 321 g/mol. The van der Waals surface area contributed by atoms with Crippen LogP contribution in [0.5, 0.6) is 0 Å². The monoisotopic (exact) mass is 347 g/mol. The van der Waals surface area contributed by atoms with E-state index in [2.05, 4.69) is 11.9 Å². The van der Waals surface area contributed by atoms with Gasteiger partial charge < -0.3 is 14.7 Å². The molecule has 0 radical (unpaired) electrons. The quantitative estimate of drug-likeness (QED) is 0.819. The van der Waals surface area contributed by atoms with Crippen molar-refractivity contribution < 1.29 is 14.0 Å². The fraction of sp³-hybridized carbons (Fsp3) is 0.579. The zero-order valence-corrected chi connectivity index (χ0v) is 15.0. The van der Waals surface area contributed by atoms with Crippen LogP contribution in [0.15, 0.2) is 18.2 Å². The molecule has 25 heavy (non-hydrogen) atoms. The molecule has 1 atom stereocenters. The van der Waals surface area contributed by atoms with E-state index in [9.17, 15) is 14.0 Å². The zero-order chi connectivity index (χ0) is 18.0. The van der Waals surface area contributed by atoms with Gasteiger partial charge in [-0.05, 0) is 44.5 Å². The molecule has 2 amide bonds. The van der Waals surface area contributed by atoms with Crippen molar-refractivity contribution in [1.82, 2.24) is 14.7 Å². The van der Waals surface area contributed by atoms with Crippen LogP contribution in [0.2, 0.25) is 0 Å². The van der Waals surface area contributed by atoms with Crippen LogP contribution in [0, 0.1) is 18.7 Å². The molecule has 0 N–H and O–H groups in total. The molecule has 1 aromatic rings. The van der Waals surface area contributed by atoms with E-state index in [4.69, 9.17) is 0 Å². The Balaban J connectivity index is 1.67. The maximum atomic E-state index is 13.5. The average Bonchev–Trinajstić information content (AvgIpc) is 2.63. The van der Waals surface area contributed by atoms with Gasteiger partial charge in [0.2, 0.25) is 5.91 Å². The molecule has 0 aromatic heterocycles. The predicted molar refractivity (Wildman–Crippen MR) is 93.8 cm³/mol. The van der Waals surface area contributed by atoms with E-state index in [1.807, 2.05) is 11.8 Å². The number of amides is 2. The lowest BCUT2D eigenvalue weighted by atomic mass is 9.95. The third kappa shape index (κ3) is 4.00. The van der Waals surface area contributed by atoms with Gasteiger partial charge in [-0.2, -0.15) is 0 Å². The smallest absolute Gasteiger partial charge is 0.254 e. The number of likely N-dealkylation sites (tertiary alicyclic amines) is 1. The Bertz CT molecular complexity index is 656. The minimum Gasteiger partial charge on any atom is -0.340 e. The molecule has 5 nitrogen and oxygen atoms in total. The summed E-state index contributed by atoms with van der Waals surface area (Å²) < 4.78 is 13.5. The minimum atomic E-state index is -0.406. The topological polar surface area (TPSA) is 43.9 Å². The van der Waals surface area contributed by atoms with Crippen molar-refractivity contribution in [2.24, 2.45) is 5.92 Å². The van der Waals surface area contributed by atoms with Gasteiger partial charge in [-0.3, -0.25) is 9.59 Å². The number of hydrogen-bond acceptors (Lipinski definition) is 3. The lowest BCUT2D eigenvalue weighted by Gasteiger charge is -2.38. The van der Waals surface area contributed by atoms with E-state index in [0.717, 1.165) is 44.6 Å². The van der Waals surface area contributed by atoms with E-state index in [1.54, 1.807) is 11.0 Å².